The van der Waals surface area contributed by atoms with Crippen LogP contribution in [0.5, 0.6) is 5.75 Å². The Hall–Kier alpha value is -1.15. The second-order valence-electron chi connectivity index (χ2n) is 4.55. The third kappa shape index (κ3) is 4.17. The van der Waals surface area contributed by atoms with Gasteiger partial charge in [0, 0.05) is 13.7 Å². The molecule has 0 aliphatic carbocycles. The first-order chi connectivity index (χ1) is 9.31. The van der Waals surface area contributed by atoms with Crippen LogP contribution in [0.3, 0.4) is 0 Å². The van der Waals surface area contributed by atoms with Crippen LogP contribution in [-0.4, -0.2) is 47.0 Å². The molecule has 0 aliphatic rings. The van der Waals surface area contributed by atoms with E-state index in [2.05, 4.69) is 4.72 Å². The van der Waals surface area contributed by atoms with Crippen LogP contribution < -0.4 is 9.46 Å². The van der Waals surface area contributed by atoms with E-state index in [4.69, 9.17) is 9.47 Å². The summed E-state index contributed by atoms with van der Waals surface area (Å²) >= 11 is 0. The number of nitrogens with one attached hydrogen (secondary N) is 1. The van der Waals surface area contributed by atoms with E-state index in [0.29, 0.717) is 16.9 Å². The van der Waals surface area contributed by atoms with Gasteiger partial charge in [-0.2, -0.15) is 0 Å². The summed E-state index contributed by atoms with van der Waals surface area (Å²) in [5.74, 6) is 0.610. The lowest BCUT2D eigenvalue weighted by atomic mass is 10.1. The maximum atomic E-state index is 12.3. The fourth-order valence-electron chi connectivity index (χ4n) is 1.98. The van der Waals surface area contributed by atoms with Crippen molar-refractivity contribution in [2.75, 3.05) is 27.4 Å². The first kappa shape index (κ1) is 16.9. The predicted molar refractivity (Wildman–Crippen MR) is 75.5 cm³/mol. The van der Waals surface area contributed by atoms with Crippen LogP contribution in [0.4, 0.5) is 0 Å². The van der Waals surface area contributed by atoms with Crippen molar-refractivity contribution < 1.29 is 23.0 Å². The molecule has 1 atom stereocenters. The Bertz CT molecular complexity index is 533. The van der Waals surface area contributed by atoms with E-state index in [1.54, 1.807) is 26.0 Å². The highest BCUT2D eigenvalue weighted by Crippen LogP contribution is 2.25. The van der Waals surface area contributed by atoms with Gasteiger partial charge in [0.2, 0.25) is 10.0 Å². The Labute approximate surface area is 119 Å². The summed E-state index contributed by atoms with van der Waals surface area (Å²) in [6.07, 6.45) is -0.881. The highest BCUT2D eigenvalue weighted by Gasteiger charge is 2.21. The second kappa shape index (κ2) is 7.03. The zero-order valence-corrected chi connectivity index (χ0v) is 13.0. The number of hydrogen-bond donors (Lipinski definition) is 2. The molecular weight excluding hydrogens is 282 g/mol. The maximum Gasteiger partial charge on any atom is 0.241 e. The van der Waals surface area contributed by atoms with E-state index in [-0.39, 0.29) is 18.0 Å². The molecule has 0 fully saturated rings. The predicted octanol–water partition coefficient (Wildman–Crippen LogP) is 0.598. The fourth-order valence-corrected chi connectivity index (χ4v) is 3.50. The van der Waals surface area contributed by atoms with Crippen LogP contribution in [-0.2, 0) is 14.8 Å². The van der Waals surface area contributed by atoms with Crippen molar-refractivity contribution in [2.45, 2.75) is 24.8 Å². The number of rotatable bonds is 7. The Balaban J connectivity index is 2.98. The maximum absolute atomic E-state index is 12.3. The van der Waals surface area contributed by atoms with Crippen LogP contribution in [0.1, 0.15) is 11.1 Å². The third-order valence-corrected chi connectivity index (χ3v) is 4.53. The standard InChI is InChI=1S/C13H21NO5S/c1-9-5-12(19-4)6-10(2)13(9)20(16,17)14-7-11(15)8-18-3/h5-6,11,14-15H,7-8H2,1-4H3. The molecule has 1 rings (SSSR count). The SMILES string of the molecule is COCC(O)CNS(=O)(=O)c1c(C)cc(OC)cc1C. The average Bonchev–Trinajstić information content (AvgIpc) is 2.35. The molecule has 0 saturated heterocycles. The molecule has 6 nitrogen and oxygen atoms in total. The van der Waals surface area contributed by atoms with E-state index in [1.165, 1.54) is 14.2 Å². The minimum atomic E-state index is -3.68. The van der Waals surface area contributed by atoms with E-state index < -0.39 is 16.1 Å². The Kier molecular flexibility index (Phi) is 5.94. The van der Waals surface area contributed by atoms with E-state index in [0.717, 1.165) is 0 Å². The minimum absolute atomic E-state index is 0.0725. The van der Waals surface area contributed by atoms with Gasteiger partial charge in [0.15, 0.2) is 0 Å². The van der Waals surface area contributed by atoms with Gasteiger partial charge < -0.3 is 14.6 Å². The molecule has 0 radical (unpaired) electrons. The van der Waals surface area contributed by atoms with Gasteiger partial charge in [0.25, 0.3) is 0 Å². The lowest BCUT2D eigenvalue weighted by Crippen LogP contribution is -2.35. The summed E-state index contributed by atoms with van der Waals surface area (Å²) in [4.78, 5) is 0.211. The fraction of sp³-hybridized carbons (Fsp3) is 0.538. The molecule has 2 N–H and O–H groups in total. The largest absolute Gasteiger partial charge is 0.497 e. The molecule has 0 amide bonds. The van der Waals surface area contributed by atoms with Crippen molar-refractivity contribution in [3.8, 4) is 5.75 Å². The van der Waals surface area contributed by atoms with Crippen LogP contribution in [0.15, 0.2) is 17.0 Å². The van der Waals surface area contributed by atoms with Crippen molar-refractivity contribution in [2.24, 2.45) is 0 Å². The molecule has 1 aromatic carbocycles. The zero-order chi connectivity index (χ0) is 15.3. The number of ether oxygens (including phenoxy) is 2. The Morgan fingerprint density at radius 3 is 2.25 bits per heavy atom. The quantitative estimate of drug-likeness (QED) is 0.770. The van der Waals surface area contributed by atoms with Gasteiger partial charge in [-0.1, -0.05) is 0 Å². The Morgan fingerprint density at radius 1 is 1.25 bits per heavy atom. The number of aryl methyl sites for hydroxylation is 2. The number of methoxy groups -OCH3 is 2. The summed E-state index contributed by atoms with van der Waals surface area (Å²) in [6.45, 7) is 3.38. The monoisotopic (exact) mass is 303 g/mol. The topological polar surface area (TPSA) is 84.9 Å². The average molecular weight is 303 g/mol. The summed E-state index contributed by atoms with van der Waals surface area (Å²) < 4.78 is 36.8. The molecule has 0 aromatic heterocycles. The number of aliphatic hydroxyl groups is 1. The molecule has 0 heterocycles. The van der Waals surface area contributed by atoms with Crippen molar-refractivity contribution in [3.63, 3.8) is 0 Å². The molecule has 0 spiro atoms. The molecule has 0 bridgehead atoms. The lowest BCUT2D eigenvalue weighted by Gasteiger charge is -2.15. The number of sulfonamides is 1. The van der Waals surface area contributed by atoms with Crippen molar-refractivity contribution in [1.29, 1.82) is 0 Å². The number of hydrogen-bond acceptors (Lipinski definition) is 5. The number of aliphatic hydroxyl groups excluding tert-OH is 1. The lowest BCUT2D eigenvalue weighted by molar-refractivity contribution is 0.0679. The smallest absolute Gasteiger partial charge is 0.241 e. The van der Waals surface area contributed by atoms with Crippen molar-refractivity contribution >= 4 is 10.0 Å². The first-order valence-electron chi connectivity index (χ1n) is 6.13. The van der Waals surface area contributed by atoms with Crippen LogP contribution in [0, 0.1) is 13.8 Å². The molecule has 1 unspecified atom stereocenters. The molecule has 114 valence electrons. The number of benzene rings is 1. The van der Waals surface area contributed by atoms with Crippen LogP contribution in [0.2, 0.25) is 0 Å². The van der Waals surface area contributed by atoms with Gasteiger partial charge >= 0.3 is 0 Å². The van der Waals surface area contributed by atoms with Crippen molar-refractivity contribution in [1.82, 2.24) is 4.72 Å². The molecule has 0 saturated carbocycles. The zero-order valence-electron chi connectivity index (χ0n) is 12.1. The van der Waals surface area contributed by atoms with E-state index in [1.807, 2.05) is 0 Å². The van der Waals surface area contributed by atoms with Crippen LogP contribution >= 0.6 is 0 Å². The van der Waals surface area contributed by atoms with Gasteiger partial charge in [-0.3, -0.25) is 0 Å². The first-order valence-corrected chi connectivity index (χ1v) is 7.62. The van der Waals surface area contributed by atoms with E-state index in [9.17, 15) is 13.5 Å². The Morgan fingerprint density at radius 2 is 1.80 bits per heavy atom. The van der Waals surface area contributed by atoms with Gasteiger partial charge in [-0.25, -0.2) is 13.1 Å². The third-order valence-electron chi connectivity index (χ3n) is 2.81. The van der Waals surface area contributed by atoms with Gasteiger partial charge in [0.1, 0.15) is 5.75 Å². The van der Waals surface area contributed by atoms with Crippen molar-refractivity contribution in [3.05, 3.63) is 23.3 Å². The van der Waals surface area contributed by atoms with Gasteiger partial charge in [-0.15, -0.1) is 0 Å². The highest BCUT2D eigenvalue weighted by atomic mass is 32.2. The molecule has 7 heteroatoms. The van der Waals surface area contributed by atoms with Gasteiger partial charge in [-0.05, 0) is 37.1 Å². The summed E-state index contributed by atoms with van der Waals surface area (Å²) in [6, 6.07) is 3.32. The van der Waals surface area contributed by atoms with Gasteiger partial charge in [0.05, 0.1) is 24.7 Å². The second-order valence-corrected chi connectivity index (χ2v) is 6.26. The molecule has 20 heavy (non-hydrogen) atoms. The van der Waals surface area contributed by atoms with E-state index >= 15 is 0 Å². The highest BCUT2D eigenvalue weighted by molar-refractivity contribution is 7.89. The normalized spacial score (nSPS) is 13.2. The molecular formula is C13H21NO5S. The molecule has 0 aliphatic heterocycles. The summed E-state index contributed by atoms with van der Waals surface area (Å²) in [5, 5.41) is 9.51. The van der Waals surface area contributed by atoms with Crippen LogP contribution in [0.25, 0.3) is 0 Å². The summed E-state index contributed by atoms with van der Waals surface area (Å²) in [7, 11) is -0.712. The summed E-state index contributed by atoms with van der Waals surface area (Å²) in [5.41, 5.74) is 1.19. The minimum Gasteiger partial charge on any atom is -0.497 e. The molecule has 1 aromatic rings.